The van der Waals surface area contributed by atoms with Crippen LogP contribution in [0, 0.1) is 0 Å². The number of hydrogen-bond acceptors (Lipinski definition) is 6. The van der Waals surface area contributed by atoms with Gasteiger partial charge in [-0.05, 0) is 19.8 Å². The first-order chi connectivity index (χ1) is 14.6. The summed E-state index contributed by atoms with van der Waals surface area (Å²) in [6.45, 7) is 7.96. The minimum absolute atomic E-state index is 0.376. The third-order valence-electron chi connectivity index (χ3n) is 4.97. The number of hydrogen-bond donors (Lipinski definition) is 2. The molecule has 2 aromatic rings. The summed E-state index contributed by atoms with van der Waals surface area (Å²) in [7, 11) is 4.84. The highest BCUT2D eigenvalue weighted by Crippen LogP contribution is 2.34. The van der Waals surface area contributed by atoms with Crippen LogP contribution in [0.2, 0.25) is 0 Å². The maximum absolute atomic E-state index is 5.50. The Morgan fingerprint density at radius 2 is 1.67 bits per heavy atom. The molecule has 0 unspecified atom stereocenters. The van der Waals surface area contributed by atoms with E-state index in [9.17, 15) is 0 Å². The zero-order valence-corrected chi connectivity index (χ0v) is 18.9. The highest BCUT2D eigenvalue weighted by molar-refractivity contribution is 5.79. The number of nitrogens with zero attached hydrogens (tertiary/aromatic N) is 2. The first-order valence-electron chi connectivity index (χ1n) is 10.4. The van der Waals surface area contributed by atoms with E-state index in [1.54, 1.807) is 21.3 Å². The summed E-state index contributed by atoms with van der Waals surface area (Å²) in [5.41, 5.74) is 1.85. The van der Waals surface area contributed by atoms with Crippen LogP contribution in [-0.2, 0) is 13.1 Å². The molecule has 8 nitrogen and oxygen atoms in total. The molecule has 0 aliphatic carbocycles. The van der Waals surface area contributed by atoms with Crippen LogP contribution in [0.4, 0.5) is 0 Å². The SMILES string of the molecule is CCNC(=NCc1c(OC)cc(OC)cc1OC)NCc1cc(C(CC)CC)no1. The van der Waals surface area contributed by atoms with Crippen LogP contribution >= 0.6 is 0 Å². The lowest BCUT2D eigenvalue weighted by Gasteiger charge is -2.15. The van der Waals surface area contributed by atoms with Gasteiger partial charge in [-0.25, -0.2) is 4.99 Å². The van der Waals surface area contributed by atoms with Crippen molar-refractivity contribution < 1.29 is 18.7 Å². The van der Waals surface area contributed by atoms with E-state index in [4.69, 9.17) is 18.7 Å². The number of aliphatic imine (C=N–C) groups is 1. The standard InChI is InChI=1S/C22H34N4O4/c1-7-15(8-2)19-10-17(30-26-19)13-24-22(23-9-3)25-14-18-20(28-5)11-16(27-4)12-21(18)29-6/h10-12,15H,7-9,13-14H2,1-6H3,(H2,23,24,25). The Kier molecular flexibility index (Phi) is 9.31. The highest BCUT2D eigenvalue weighted by Gasteiger charge is 2.15. The van der Waals surface area contributed by atoms with Crippen LogP contribution in [0.5, 0.6) is 17.2 Å². The molecule has 1 aromatic heterocycles. The molecule has 0 fully saturated rings. The van der Waals surface area contributed by atoms with Crippen molar-refractivity contribution in [2.75, 3.05) is 27.9 Å². The summed E-state index contributed by atoms with van der Waals surface area (Å²) in [5, 5.41) is 10.8. The smallest absolute Gasteiger partial charge is 0.191 e. The van der Waals surface area contributed by atoms with Crippen LogP contribution in [0.25, 0.3) is 0 Å². The maximum atomic E-state index is 5.50. The minimum atomic E-state index is 0.376. The van der Waals surface area contributed by atoms with Crippen molar-refractivity contribution in [3.05, 3.63) is 35.2 Å². The third-order valence-corrected chi connectivity index (χ3v) is 4.97. The van der Waals surface area contributed by atoms with Crippen LogP contribution in [-0.4, -0.2) is 39.0 Å². The van der Waals surface area contributed by atoms with Crippen molar-refractivity contribution in [1.29, 1.82) is 0 Å². The normalized spacial score (nSPS) is 11.5. The van der Waals surface area contributed by atoms with E-state index in [1.807, 2.05) is 25.1 Å². The third kappa shape index (κ3) is 6.05. The number of methoxy groups -OCH3 is 3. The molecule has 0 bridgehead atoms. The van der Waals surface area contributed by atoms with Gasteiger partial charge in [0.15, 0.2) is 11.7 Å². The molecule has 2 N–H and O–H groups in total. The molecule has 1 aromatic carbocycles. The predicted octanol–water partition coefficient (Wildman–Crippen LogP) is 3.86. The summed E-state index contributed by atoms with van der Waals surface area (Å²) in [5.74, 6) is 3.87. The molecule has 2 rings (SSSR count). The van der Waals surface area contributed by atoms with Gasteiger partial charge in [0, 0.05) is 30.7 Å². The predicted molar refractivity (Wildman–Crippen MR) is 118 cm³/mol. The Balaban J connectivity index is 2.13. The van der Waals surface area contributed by atoms with Crippen LogP contribution in [0.1, 0.15) is 56.5 Å². The van der Waals surface area contributed by atoms with Crippen molar-refractivity contribution in [3.63, 3.8) is 0 Å². The van der Waals surface area contributed by atoms with Gasteiger partial charge in [0.2, 0.25) is 0 Å². The van der Waals surface area contributed by atoms with E-state index >= 15 is 0 Å². The molecule has 0 aliphatic heterocycles. The molecule has 0 spiro atoms. The Hall–Kier alpha value is -2.90. The van der Waals surface area contributed by atoms with Crippen molar-refractivity contribution >= 4 is 5.96 Å². The van der Waals surface area contributed by atoms with E-state index in [1.165, 1.54) is 0 Å². The molecular formula is C22H34N4O4. The summed E-state index contributed by atoms with van der Waals surface area (Å²) < 4.78 is 21.8. The zero-order valence-electron chi connectivity index (χ0n) is 18.9. The van der Waals surface area contributed by atoms with Crippen LogP contribution in [0.15, 0.2) is 27.7 Å². The number of benzene rings is 1. The molecule has 0 amide bonds. The fraction of sp³-hybridized carbons (Fsp3) is 0.545. The number of rotatable bonds is 11. The lowest BCUT2D eigenvalue weighted by Crippen LogP contribution is -2.36. The second-order valence-electron chi connectivity index (χ2n) is 6.79. The molecular weight excluding hydrogens is 384 g/mol. The van der Waals surface area contributed by atoms with E-state index in [2.05, 4.69) is 34.6 Å². The average molecular weight is 419 g/mol. The lowest BCUT2D eigenvalue weighted by atomic mass is 9.99. The van der Waals surface area contributed by atoms with Gasteiger partial charge in [0.1, 0.15) is 17.2 Å². The van der Waals surface area contributed by atoms with Crippen LogP contribution < -0.4 is 24.8 Å². The first kappa shape index (κ1) is 23.4. The second kappa shape index (κ2) is 11.9. The molecule has 1 heterocycles. The van der Waals surface area contributed by atoms with Gasteiger partial charge in [-0.2, -0.15) is 0 Å². The summed E-state index contributed by atoms with van der Waals surface area (Å²) in [4.78, 5) is 4.68. The van der Waals surface area contributed by atoms with Gasteiger partial charge >= 0.3 is 0 Å². The quantitative estimate of drug-likeness (QED) is 0.423. The molecule has 0 atom stereocenters. The van der Waals surface area contributed by atoms with Gasteiger partial charge in [0.05, 0.1) is 45.7 Å². The highest BCUT2D eigenvalue weighted by atomic mass is 16.5. The summed E-state index contributed by atoms with van der Waals surface area (Å²) in [6, 6.07) is 5.66. The molecule has 0 aliphatic rings. The van der Waals surface area contributed by atoms with Crippen molar-refractivity contribution in [1.82, 2.24) is 15.8 Å². The van der Waals surface area contributed by atoms with Crippen LogP contribution in [0.3, 0.4) is 0 Å². The number of guanidine groups is 1. The lowest BCUT2D eigenvalue weighted by molar-refractivity contribution is 0.367. The Bertz CT molecular complexity index is 790. The second-order valence-corrected chi connectivity index (χ2v) is 6.79. The van der Waals surface area contributed by atoms with E-state index < -0.39 is 0 Å². The topological polar surface area (TPSA) is 90.1 Å². The molecule has 166 valence electrons. The fourth-order valence-corrected chi connectivity index (χ4v) is 3.22. The molecule has 0 saturated heterocycles. The van der Waals surface area contributed by atoms with E-state index in [0.29, 0.717) is 42.2 Å². The molecule has 0 saturated carbocycles. The average Bonchev–Trinajstić information content (AvgIpc) is 3.24. The first-order valence-corrected chi connectivity index (χ1v) is 10.4. The van der Waals surface area contributed by atoms with Crippen molar-refractivity contribution in [2.45, 2.75) is 52.6 Å². The largest absolute Gasteiger partial charge is 0.496 e. The van der Waals surface area contributed by atoms with E-state index in [0.717, 1.165) is 36.4 Å². The van der Waals surface area contributed by atoms with Gasteiger partial charge in [0.25, 0.3) is 0 Å². The van der Waals surface area contributed by atoms with Gasteiger partial charge in [-0.1, -0.05) is 19.0 Å². The summed E-state index contributed by atoms with van der Waals surface area (Å²) >= 11 is 0. The monoisotopic (exact) mass is 418 g/mol. The number of nitrogens with one attached hydrogen (secondary N) is 2. The Morgan fingerprint density at radius 1 is 1.00 bits per heavy atom. The zero-order chi connectivity index (χ0) is 21.9. The Labute approximate surface area is 179 Å². The molecule has 0 radical (unpaired) electrons. The summed E-state index contributed by atoms with van der Waals surface area (Å²) in [6.07, 6.45) is 2.09. The maximum Gasteiger partial charge on any atom is 0.191 e. The van der Waals surface area contributed by atoms with E-state index in [-0.39, 0.29) is 0 Å². The molecule has 8 heteroatoms. The van der Waals surface area contributed by atoms with Gasteiger partial charge in [-0.3, -0.25) is 0 Å². The molecule has 30 heavy (non-hydrogen) atoms. The van der Waals surface area contributed by atoms with Crippen molar-refractivity contribution in [3.8, 4) is 17.2 Å². The van der Waals surface area contributed by atoms with Gasteiger partial charge < -0.3 is 29.4 Å². The number of ether oxygens (including phenoxy) is 3. The Morgan fingerprint density at radius 3 is 2.20 bits per heavy atom. The fourth-order valence-electron chi connectivity index (χ4n) is 3.22. The van der Waals surface area contributed by atoms with Crippen molar-refractivity contribution in [2.24, 2.45) is 4.99 Å². The van der Waals surface area contributed by atoms with Gasteiger partial charge in [-0.15, -0.1) is 0 Å². The minimum Gasteiger partial charge on any atom is -0.496 e. The number of aromatic nitrogens is 1.